The van der Waals surface area contributed by atoms with E-state index >= 15 is 0 Å². The van der Waals surface area contributed by atoms with E-state index < -0.39 is 0 Å². The molecule has 1 unspecified atom stereocenters. The highest BCUT2D eigenvalue weighted by atomic mass is 15.6. The quantitative estimate of drug-likeness (QED) is 0.884. The number of aromatic nitrogens is 2. The molecule has 4 heterocycles. The number of allylic oxidation sites excluding steroid dienone is 1. The predicted molar refractivity (Wildman–Crippen MR) is 94.3 cm³/mol. The second-order valence-corrected chi connectivity index (χ2v) is 6.70. The van der Waals surface area contributed by atoms with E-state index in [9.17, 15) is 0 Å². The molecule has 0 aliphatic carbocycles. The monoisotopic (exact) mass is 324 g/mol. The highest BCUT2D eigenvalue weighted by Crippen LogP contribution is 2.32. The molecule has 0 fully saturated rings. The molecule has 3 aliphatic rings. The molecule has 6 heteroatoms. The third-order valence-corrected chi connectivity index (χ3v) is 4.99. The Morgan fingerprint density at radius 1 is 1.29 bits per heavy atom. The van der Waals surface area contributed by atoms with Crippen molar-refractivity contribution in [1.29, 1.82) is 0 Å². The Morgan fingerprint density at radius 2 is 2.08 bits per heavy atom. The molecule has 3 aliphatic heterocycles. The van der Waals surface area contributed by atoms with Gasteiger partial charge in [-0.25, -0.2) is 9.97 Å². The Labute approximate surface area is 142 Å². The molecule has 0 radical (unpaired) electrons. The van der Waals surface area contributed by atoms with Gasteiger partial charge in [-0.3, -0.25) is 5.01 Å². The molecule has 126 valence electrons. The van der Waals surface area contributed by atoms with Gasteiger partial charge < -0.3 is 15.6 Å². The molecule has 24 heavy (non-hydrogen) atoms. The van der Waals surface area contributed by atoms with Crippen LogP contribution >= 0.6 is 0 Å². The summed E-state index contributed by atoms with van der Waals surface area (Å²) in [6, 6.07) is 0.250. The molecule has 1 atom stereocenters. The van der Waals surface area contributed by atoms with Gasteiger partial charge in [-0.1, -0.05) is 6.58 Å². The molecule has 0 bridgehead atoms. The number of nitrogens with one attached hydrogen (secondary N) is 2. The Kier molecular flexibility index (Phi) is 3.76. The third kappa shape index (κ3) is 2.57. The Bertz CT molecular complexity index is 718. The summed E-state index contributed by atoms with van der Waals surface area (Å²) in [6.45, 7) is 12.0. The van der Waals surface area contributed by atoms with Crippen LogP contribution in [0.4, 0.5) is 0 Å². The fraction of sp³-hybridized carbons (Fsp3) is 0.444. The Hall–Kier alpha value is -2.34. The van der Waals surface area contributed by atoms with Crippen molar-refractivity contribution in [3.63, 3.8) is 0 Å². The summed E-state index contributed by atoms with van der Waals surface area (Å²) in [5.74, 6) is 0.720. The van der Waals surface area contributed by atoms with Gasteiger partial charge in [0.2, 0.25) is 0 Å². The normalized spacial score (nSPS) is 21.0. The lowest BCUT2D eigenvalue weighted by Crippen LogP contribution is -2.42. The molecule has 0 spiro atoms. The van der Waals surface area contributed by atoms with E-state index in [1.807, 2.05) is 19.3 Å². The maximum atomic E-state index is 4.43. The molecular weight excluding hydrogens is 300 g/mol. The number of nitrogens with zero attached hydrogens (tertiary/aromatic N) is 4. The largest absolute Gasteiger partial charge is 0.367 e. The standard InChI is InChI=1S/C18H24N6/c1-12(2)18-20-8-14(9-21-18)13(3)23-6-7-24-17(11-23)15-10-19-5-4-16(15)22-24/h8-9,11,13,19,22H,1,4-7,10H2,2-3H3. The number of fused-ring (bicyclic) bond motifs is 2. The summed E-state index contributed by atoms with van der Waals surface area (Å²) in [5, 5.41) is 5.75. The van der Waals surface area contributed by atoms with Gasteiger partial charge in [0.25, 0.3) is 0 Å². The summed E-state index contributed by atoms with van der Waals surface area (Å²) in [6.07, 6.45) is 7.21. The Morgan fingerprint density at radius 3 is 2.83 bits per heavy atom. The van der Waals surface area contributed by atoms with Gasteiger partial charge >= 0.3 is 0 Å². The van der Waals surface area contributed by atoms with Gasteiger partial charge in [0, 0.05) is 61.5 Å². The van der Waals surface area contributed by atoms with Crippen molar-refractivity contribution in [3.8, 4) is 0 Å². The average molecular weight is 324 g/mol. The van der Waals surface area contributed by atoms with E-state index in [1.165, 1.54) is 17.0 Å². The first-order chi connectivity index (χ1) is 11.6. The zero-order chi connectivity index (χ0) is 16.7. The van der Waals surface area contributed by atoms with Crippen molar-refractivity contribution in [1.82, 2.24) is 30.6 Å². The zero-order valence-corrected chi connectivity index (χ0v) is 14.3. The molecule has 4 rings (SSSR count). The van der Waals surface area contributed by atoms with E-state index in [1.54, 1.807) is 0 Å². The summed E-state index contributed by atoms with van der Waals surface area (Å²) < 4.78 is 0. The average Bonchev–Trinajstić information content (AvgIpc) is 2.99. The van der Waals surface area contributed by atoms with Crippen LogP contribution in [0.25, 0.3) is 5.57 Å². The maximum absolute atomic E-state index is 4.43. The lowest BCUT2D eigenvalue weighted by molar-refractivity contribution is 0.190. The zero-order valence-electron chi connectivity index (χ0n) is 14.3. The summed E-state index contributed by atoms with van der Waals surface area (Å²) in [4.78, 5) is 11.2. The maximum Gasteiger partial charge on any atom is 0.154 e. The van der Waals surface area contributed by atoms with Crippen LogP contribution in [0.3, 0.4) is 0 Å². The van der Waals surface area contributed by atoms with E-state index in [4.69, 9.17) is 0 Å². The molecule has 0 amide bonds. The third-order valence-electron chi connectivity index (χ3n) is 4.99. The van der Waals surface area contributed by atoms with Gasteiger partial charge in [0.05, 0.1) is 18.3 Å². The lowest BCUT2D eigenvalue weighted by atomic mass is 10.0. The number of hydrogen-bond acceptors (Lipinski definition) is 6. The van der Waals surface area contributed by atoms with Crippen molar-refractivity contribution < 1.29 is 0 Å². The SMILES string of the molecule is C=C(C)c1ncc(C(C)N2C=C3C4=C(CCNC4)NN3CC2)cn1. The van der Waals surface area contributed by atoms with E-state index in [0.717, 1.165) is 49.6 Å². The van der Waals surface area contributed by atoms with Crippen LogP contribution in [0, 0.1) is 0 Å². The minimum Gasteiger partial charge on any atom is -0.367 e. The lowest BCUT2D eigenvalue weighted by Gasteiger charge is -2.36. The highest BCUT2D eigenvalue weighted by molar-refractivity contribution is 5.53. The van der Waals surface area contributed by atoms with Crippen molar-refractivity contribution in [2.24, 2.45) is 0 Å². The van der Waals surface area contributed by atoms with Gasteiger partial charge in [-0.15, -0.1) is 0 Å². The Balaban J connectivity index is 1.57. The van der Waals surface area contributed by atoms with Crippen LogP contribution < -0.4 is 10.7 Å². The molecule has 0 aromatic carbocycles. The first-order valence-electron chi connectivity index (χ1n) is 8.56. The first kappa shape index (κ1) is 15.2. The molecule has 1 aromatic heterocycles. The molecule has 1 aromatic rings. The van der Waals surface area contributed by atoms with Gasteiger partial charge in [0.15, 0.2) is 5.82 Å². The molecule has 0 saturated carbocycles. The fourth-order valence-electron chi connectivity index (χ4n) is 3.47. The number of hydrazine groups is 1. The first-order valence-corrected chi connectivity index (χ1v) is 8.56. The van der Waals surface area contributed by atoms with E-state index in [2.05, 4.69) is 50.3 Å². The number of rotatable bonds is 3. The van der Waals surface area contributed by atoms with E-state index in [0.29, 0.717) is 0 Å². The summed E-state index contributed by atoms with van der Waals surface area (Å²) in [7, 11) is 0. The summed E-state index contributed by atoms with van der Waals surface area (Å²) in [5.41, 5.74) is 9.67. The fourth-order valence-corrected chi connectivity index (χ4v) is 3.47. The van der Waals surface area contributed by atoms with E-state index in [-0.39, 0.29) is 6.04 Å². The smallest absolute Gasteiger partial charge is 0.154 e. The minimum atomic E-state index is 0.250. The van der Waals surface area contributed by atoms with Crippen molar-refractivity contribution in [2.45, 2.75) is 26.3 Å². The molecule has 6 nitrogen and oxygen atoms in total. The highest BCUT2D eigenvalue weighted by Gasteiger charge is 2.32. The van der Waals surface area contributed by atoms with Crippen molar-refractivity contribution in [3.05, 3.63) is 53.5 Å². The predicted octanol–water partition coefficient (Wildman–Crippen LogP) is 1.80. The van der Waals surface area contributed by atoms with Crippen LogP contribution in [0.15, 0.2) is 42.1 Å². The second-order valence-electron chi connectivity index (χ2n) is 6.70. The van der Waals surface area contributed by atoms with Crippen LogP contribution in [0.1, 0.15) is 37.7 Å². The van der Waals surface area contributed by atoms with Crippen LogP contribution in [-0.2, 0) is 0 Å². The number of hydrogen-bond donors (Lipinski definition) is 2. The molecule has 2 N–H and O–H groups in total. The van der Waals surface area contributed by atoms with Crippen LogP contribution in [-0.4, -0.2) is 46.1 Å². The minimum absolute atomic E-state index is 0.250. The van der Waals surface area contributed by atoms with Gasteiger partial charge in [-0.2, -0.15) is 0 Å². The molecular formula is C18H24N6. The van der Waals surface area contributed by atoms with Crippen LogP contribution in [0.2, 0.25) is 0 Å². The van der Waals surface area contributed by atoms with Gasteiger partial charge in [-0.05, 0) is 19.4 Å². The van der Waals surface area contributed by atoms with Crippen LogP contribution in [0.5, 0.6) is 0 Å². The van der Waals surface area contributed by atoms with Crippen molar-refractivity contribution in [2.75, 3.05) is 26.2 Å². The topological polar surface area (TPSA) is 56.3 Å². The summed E-state index contributed by atoms with van der Waals surface area (Å²) >= 11 is 0. The van der Waals surface area contributed by atoms with Gasteiger partial charge in [0.1, 0.15) is 0 Å². The second kappa shape index (κ2) is 5.94. The molecule has 0 saturated heterocycles. The van der Waals surface area contributed by atoms with Crippen molar-refractivity contribution >= 4 is 5.57 Å².